The molecule has 2 heterocycles. The van der Waals surface area contributed by atoms with Gasteiger partial charge in [0.15, 0.2) is 10.8 Å². The lowest BCUT2D eigenvalue weighted by Gasteiger charge is -2.25. The van der Waals surface area contributed by atoms with Crippen molar-refractivity contribution in [2.75, 3.05) is 18.1 Å². The monoisotopic (exact) mass is 308 g/mol. The van der Waals surface area contributed by atoms with Gasteiger partial charge >= 0.3 is 0 Å². The highest BCUT2D eigenvalue weighted by atomic mass is 32.1. The lowest BCUT2D eigenvalue weighted by molar-refractivity contribution is 0.301. The van der Waals surface area contributed by atoms with Crippen molar-refractivity contribution >= 4 is 22.1 Å². The summed E-state index contributed by atoms with van der Waals surface area (Å²) in [4.78, 5) is 8.11. The summed E-state index contributed by atoms with van der Waals surface area (Å²) < 4.78 is 2.17. The molecule has 3 rings (SSSR count). The van der Waals surface area contributed by atoms with Gasteiger partial charge in [0, 0.05) is 36.2 Å². The van der Waals surface area contributed by atoms with Crippen LogP contribution in [0.4, 0.5) is 5.82 Å². The molecule has 0 unspecified atom stereocenters. The summed E-state index contributed by atoms with van der Waals surface area (Å²) in [6.45, 7) is 8.14. The van der Waals surface area contributed by atoms with Crippen LogP contribution >= 0.6 is 11.3 Å². The maximum Gasteiger partial charge on any atom is 0.195 e. The van der Waals surface area contributed by atoms with E-state index in [9.17, 15) is 5.11 Å². The Morgan fingerprint density at radius 2 is 2.24 bits per heavy atom. The van der Waals surface area contributed by atoms with E-state index in [0.29, 0.717) is 12.6 Å². The highest BCUT2D eigenvalue weighted by molar-refractivity contribution is 7.15. The van der Waals surface area contributed by atoms with Crippen molar-refractivity contribution in [1.29, 1.82) is 0 Å². The topological polar surface area (TPSA) is 52.8 Å². The molecule has 1 fully saturated rings. The molecule has 0 amide bonds. The second-order valence-electron chi connectivity index (χ2n) is 6.69. The first-order chi connectivity index (χ1) is 9.99. The van der Waals surface area contributed by atoms with Crippen LogP contribution in [0.15, 0.2) is 11.6 Å². The average molecular weight is 308 g/mol. The normalized spacial score (nSPS) is 15.8. The molecule has 0 atom stereocenters. The standard InChI is InChI=1S/C15H24N4OS/c1-15(2,3)16-10-12-13(17-14-19(12)7-9-21-14)18(6-8-20)11-4-5-11/h7,9,11,16,20H,4-6,8,10H2,1-3H3. The number of aliphatic hydroxyl groups is 1. The zero-order valence-electron chi connectivity index (χ0n) is 13.0. The Morgan fingerprint density at radius 3 is 2.86 bits per heavy atom. The van der Waals surface area contributed by atoms with E-state index in [-0.39, 0.29) is 12.1 Å². The molecular weight excluding hydrogens is 284 g/mol. The van der Waals surface area contributed by atoms with Gasteiger partial charge in [0.1, 0.15) is 0 Å². The SMILES string of the molecule is CC(C)(C)NCc1c(N(CCO)C2CC2)nc2sccn12. The molecule has 1 saturated carbocycles. The van der Waals surface area contributed by atoms with Crippen LogP contribution in [-0.4, -0.2) is 39.2 Å². The Hall–Kier alpha value is -1.11. The molecule has 0 aromatic carbocycles. The lowest BCUT2D eigenvalue weighted by Crippen LogP contribution is -2.36. The van der Waals surface area contributed by atoms with Crippen LogP contribution in [0.5, 0.6) is 0 Å². The van der Waals surface area contributed by atoms with Crippen molar-refractivity contribution in [3.8, 4) is 0 Å². The molecule has 1 aliphatic rings. The van der Waals surface area contributed by atoms with Crippen LogP contribution in [0.25, 0.3) is 4.96 Å². The number of nitrogens with one attached hydrogen (secondary N) is 1. The van der Waals surface area contributed by atoms with Gasteiger partial charge in [-0.25, -0.2) is 4.98 Å². The number of thiazole rings is 1. The minimum Gasteiger partial charge on any atom is -0.395 e. The zero-order valence-corrected chi connectivity index (χ0v) is 13.8. The number of fused-ring (bicyclic) bond motifs is 1. The first-order valence-corrected chi connectivity index (χ1v) is 8.44. The summed E-state index contributed by atoms with van der Waals surface area (Å²) >= 11 is 1.66. The molecule has 2 aromatic heterocycles. The second-order valence-corrected chi connectivity index (χ2v) is 7.56. The third-order valence-electron chi connectivity index (χ3n) is 3.73. The van der Waals surface area contributed by atoms with Crippen LogP contribution in [0.2, 0.25) is 0 Å². The number of hydrogen-bond acceptors (Lipinski definition) is 5. The van der Waals surface area contributed by atoms with Gasteiger partial charge in [0.25, 0.3) is 0 Å². The quantitative estimate of drug-likeness (QED) is 0.859. The zero-order chi connectivity index (χ0) is 15.0. The highest BCUT2D eigenvalue weighted by Crippen LogP contribution is 2.34. The van der Waals surface area contributed by atoms with Gasteiger partial charge in [-0.1, -0.05) is 0 Å². The number of nitrogens with zero attached hydrogens (tertiary/aromatic N) is 3. The van der Waals surface area contributed by atoms with Gasteiger partial charge in [-0.3, -0.25) is 4.40 Å². The summed E-state index contributed by atoms with van der Waals surface area (Å²) in [6.07, 6.45) is 4.49. The summed E-state index contributed by atoms with van der Waals surface area (Å²) in [5.41, 5.74) is 1.26. The van der Waals surface area contributed by atoms with E-state index in [0.717, 1.165) is 17.3 Å². The predicted octanol–water partition coefficient (Wildman–Crippen LogP) is 2.25. The van der Waals surface area contributed by atoms with Gasteiger partial charge in [-0.15, -0.1) is 11.3 Å². The van der Waals surface area contributed by atoms with Crippen LogP contribution in [0.1, 0.15) is 39.3 Å². The number of anilines is 1. The molecule has 0 spiro atoms. The van der Waals surface area contributed by atoms with Gasteiger partial charge in [0.05, 0.1) is 12.3 Å². The van der Waals surface area contributed by atoms with Gasteiger partial charge in [0.2, 0.25) is 0 Å². The Bertz CT molecular complexity index is 609. The fourth-order valence-corrected chi connectivity index (χ4v) is 3.25. The van der Waals surface area contributed by atoms with E-state index < -0.39 is 0 Å². The first kappa shape index (κ1) is 14.8. The van der Waals surface area contributed by atoms with Crippen molar-refractivity contribution in [2.45, 2.75) is 51.7 Å². The molecule has 21 heavy (non-hydrogen) atoms. The smallest absolute Gasteiger partial charge is 0.195 e. The molecule has 0 aliphatic heterocycles. The Morgan fingerprint density at radius 1 is 1.48 bits per heavy atom. The van der Waals surface area contributed by atoms with E-state index in [2.05, 4.69) is 47.0 Å². The minimum atomic E-state index is 0.0683. The minimum absolute atomic E-state index is 0.0683. The number of aliphatic hydroxyl groups excluding tert-OH is 1. The molecule has 1 aliphatic carbocycles. The predicted molar refractivity (Wildman–Crippen MR) is 87.1 cm³/mol. The molecule has 6 heteroatoms. The second kappa shape index (κ2) is 5.59. The van der Waals surface area contributed by atoms with Gasteiger partial charge in [-0.05, 0) is 33.6 Å². The lowest BCUT2D eigenvalue weighted by atomic mass is 10.1. The van der Waals surface area contributed by atoms with Crippen molar-refractivity contribution in [3.05, 3.63) is 17.3 Å². The maximum atomic E-state index is 9.36. The third-order valence-corrected chi connectivity index (χ3v) is 4.48. The van der Waals surface area contributed by atoms with Crippen LogP contribution in [-0.2, 0) is 6.54 Å². The highest BCUT2D eigenvalue weighted by Gasteiger charge is 2.32. The van der Waals surface area contributed by atoms with E-state index in [1.165, 1.54) is 18.5 Å². The summed E-state index contributed by atoms with van der Waals surface area (Å²) in [6, 6.07) is 0.551. The van der Waals surface area contributed by atoms with Crippen molar-refractivity contribution in [1.82, 2.24) is 14.7 Å². The largest absolute Gasteiger partial charge is 0.395 e. The number of aromatic nitrogens is 2. The fraction of sp³-hybridized carbons (Fsp3) is 0.667. The summed E-state index contributed by atoms with van der Waals surface area (Å²) in [5.74, 6) is 1.04. The molecular formula is C15H24N4OS. The maximum absolute atomic E-state index is 9.36. The fourth-order valence-electron chi connectivity index (χ4n) is 2.52. The summed E-state index contributed by atoms with van der Waals surface area (Å²) in [7, 11) is 0. The Labute approximate surface area is 129 Å². The Kier molecular flexibility index (Phi) is 3.94. The third kappa shape index (κ3) is 3.22. The molecule has 0 radical (unpaired) electrons. The van der Waals surface area contributed by atoms with Gasteiger partial charge < -0.3 is 15.3 Å². The van der Waals surface area contributed by atoms with E-state index in [1.807, 2.05) is 0 Å². The van der Waals surface area contributed by atoms with Crippen LogP contribution < -0.4 is 10.2 Å². The van der Waals surface area contributed by atoms with Crippen LogP contribution in [0.3, 0.4) is 0 Å². The van der Waals surface area contributed by atoms with Crippen molar-refractivity contribution < 1.29 is 5.11 Å². The van der Waals surface area contributed by atoms with E-state index in [4.69, 9.17) is 4.98 Å². The molecule has 0 saturated heterocycles. The number of rotatable bonds is 6. The molecule has 2 aromatic rings. The van der Waals surface area contributed by atoms with Crippen LogP contribution in [0, 0.1) is 0 Å². The summed E-state index contributed by atoms with van der Waals surface area (Å²) in [5, 5.41) is 15.0. The van der Waals surface area contributed by atoms with Crippen molar-refractivity contribution in [3.63, 3.8) is 0 Å². The number of imidazole rings is 1. The van der Waals surface area contributed by atoms with E-state index >= 15 is 0 Å². The van der Waals surface area contributed by atoms with Crippen molar-refractivity contribution in [2.24, 2.45) is 0 Å². The number of hydrogen-bond donors (Lipinski definition) is 2. The average Bonchev–Trinajstić information content (AvgIpc) is 3.03. The molecule has 5 nitrogen and oxygen atoms in total. The molecule has 0 bridgehead atoms. The van der Waals surface area contributed by atoms with Gasteiger partial charge in [-0.2, -0.15) is 0 Å². The Balaban J connectivity index is 1.94. The first-order valence-electron chi connectivity index (χ1n) is 7.56. The molecule has 116 valence electrons. The molecule has 2 N–H and O–H groups in total. The van der Waals surface area contributed by atoms with E-state index in [1.54, 1.807) is 11.3 Å².